The fraction of sp³-hybridized carbons (Fsp3) is 0.538. The van der Waals surface area contributed by atoms with E-state index in [0.717, 1.165) is 31.2 Å². The molecular formula is C13H18O3. The number of rotatable bonds is 3. The first-order valence-electron chi connectivity index (χ1n) is 5.84. The molecule has 1 aliphatic rings. The van der Waals surface area contributed by atoms with Crippen LogP contribution < -0.4 is 4.74 Å². The topological polar surface area (TPSA) is 49.7 Å². The van der Waals surface area contributed by atoms with Gasteiger partial charge in [-0.1, -0.05) is 24.6 Å². The molecular weight excluding hydrogens is 204 g/mol. The second kappa shape index (κ2) is 5.32. The minimum atomic E-state index is -0.375. The van der Waals surface area contributed by atoms with Crippen LogP contribution in [0.2, 0.25) is 0 Å². The minimum Gasteiger partial charge on any atom is -0.487 e. The molecule has 0 heterocycles. The van der Waals surface area contributed by atoms with Gasteiger partial charge in [0.05, 0.1) is 12.7 Å². The number of ether oxygens (including phenoxy) is 1. The summed E-state index contributed by atoms with van der Waals surface area (Å²) in [7, 11) is 0. The second-order valence-corrected chi connectivity index (χ2v) is 4.27. The monoisotopic (exact) mass is 222 g/mol. The van der Waals surface area contributed by atoms with Crippen molar-refractivity contribution in [1.82, 2.24) is 0 Å². The second-order valence-electron chi connectivity index (χ2n) is 4.27. The van der Waals surface area contributed by atoms with Crippen LogP contribution in [0, 0.1) is 0 Å². The van der Waals surface area contributed by atoms with Crippen LogP contribution in [-0.4, -0.2) is 22.4 Å². The molecule has 16 heavy (non-hydrogen) atoms. The van der Waals surface area contributed by atoms with Gasteiger partial charge in [-0.15, -0.1) is 0 Å². The minimum absolute atomic E-state index is 0.0288. The molecule has 1 fully saturated rings. The summed E-state index contributed by atoms with van der Waals surface area (Å²) in [5.74, 6) is 0.691. The van der Waals surface area contributed by atoms with Gasteiger partial charge in [0.1, 0.15) is 11.9 Å². The Morgan fingerprint density at radius 2 is 1.94 bits per heavy atom. The van der Waals surface area contributed by atoms with Gasteiger partial charge in [-0.2, -0.15) is 0 Å². The highest BCUT2D eigenvalue weighted by Gasteiger charge is 2.25. The summed E-state index contributed by atoms with van der Waals surface area (Å²) in [6, 6.07) is 7.43. The van der Waals surface area contributed by atoms with E-state index in [1.807, 2.05) is 24.3 Å². The van der Waals surface area contributed by atoms with Crippen molar-refractivity contribution in [2.24, 2.45) is 0 Å². The zero-order valence-electron chi connectivity index (χ0n) is 9.30. The zero-order chi connectivity index (χ0) is 11.4. The molecule has 88 valence electrons. The maximum Gasteiger partial charge on any atom is 0.125 e. The molecule has 0 bridgehead atoms. The molecule has 0 aromatic heterocycles. The highest BCUT2D eigenvalue weighted by atomic mass is 16.5. The van der Waals surface area contributed by atoms with Crippen molar-refractivity contribution >= 4 is 0 Å². The highest BCUT2D eigenvalue weighted by Crippen LogP contribution is 2.26. The van der Waals surface area contributed by atoms with Crippen molar-refractivity contribution in [3.05, 3.63) is 29.8 Å². The predicted molar refractivity (Wildman–Crippen MR) is 61.3 cm³/mol. The van der Waals surface area contributed by atoms with E-state index >= 15 is 0 Å². The van der Waals surface area contributed by atoms with Crippen LogP contribution in [0.4, 0.5) is 0 Å². The average molecular weight is 222 g/mol. The first kappa shape index (κ1) is 11.4. The quantitative estimate of drug-likeness (QED) is 0.820. The molecule has 0 radical (unpaired) electrons. The van der Waals surface area contributed by atoms with Crippen LogP contribution in [0.1, 0.15) is 31.2 Å². The number of para-hydroxylation sites is 1. The van der Waals surface area contributed by atoms with E-state index in [1.165, 1.54) is 0 Å². The fourth-order valence-electron chi connectivity index (χ4n) is 2.13. The summed E-state index contributed by atoms with van der Waals surface area (Å²) >= 11 is 0. The van der Waals surface area contributed by atoms with Crippen LogP contribution in [0.3, 0.4) is 0 Å². The maximum absolute atomic E-state index is 9.81. The molecule has 1 aromatic rings. The Morgan fingerprint density at radius 1 is 1.19 bits per heavy atom. The molecule has 2 N–H and O–H groups in total. The van der Waals surface area contributed by atoms with E-state index in [1.54, 1.807) is 0 Å². The number of benzene rings is 1. The van der Waals surface area contributed by atoms with Crippen molar-refractivity contribution < 1.29 is 14.9 Å². The van der Waals surface area contributed by atoms with Gasteiger partial charge in [0.15, 0.2) is 0 Å². The Balaban J connectivity index is 2.07. The molecule has 0 unspecified atom stereocenters. The van der Waals surface area contributed by atoms with Gasteiger partial charge in [-0.25, -0.2) is 0 Å². The lowest BCUT2D eigenvalue weighted by Crippen LogP contribution is -2.34. The largest absolute Gasteiger partial charge is 0.487 e. The van der Waals surface area contributed by atoms with Crippen molar-refractivity contribution in [2.75, 3.05) is 0 Å². The third kappa shape index (κ3) is 2.54. The molecule has 1 aliphatic carbocycles. The van der Waals surface area contributed by atoms with Gasteiger partial charge in [0.25, 0.3) is 0 Å². The van der Waals surface area contributed by atoms with Crippen molar-refractivity contribution in [3.8, 4) is 5.75 Å². The summed E-state index contributed by atoms with van der Waals surface area (Å²) in [4.78, 5) is 0. The first-order valence-corrected chi connectivity index (χ1v) is 5.84. The lowest BCUT2D eigenvalue weighted by Gasteiger charge is -2.28. The molecule has 3 heteroatoms. The normalized spacial score (nSPS) is 25.4. The van der Waals surface area contributed by atoms with Crippen LogP contribution >= 0.6 is 0 Å². The molecule has 2 rings (SSSR count). The summed E-state index contributed by atoms with van der Waals surface area (Å²) in [5, 5.41) is 19.0. The third-order valence-corrected chi connectivity index (χ3v) is 3.09. The Hall–Kier alpha value is -1.06. The molecule has 0 spiro atoms. The van der Waals surface area contributed by atoms with Crippen LogP contribution in [0.25, 0.3) is 0 Å². The van der Waals surface area contributed by atoms with Crippen LogP contribution in [0.5, 0.6) is 5.75 Å². The lowest BCUT2D eigenvalue weighted by atomic mass is 9.95. The highest BCUT2D eigenvalue weighted by molar-refractivity contribution is 5.32. The molecule has 2 atom stereocenters. The molecule has 0 saturated heterocycles. The van der Waals surface area contributed by atoms with Gasteiger partial charge < -0.3 is 14.9 Å². The zero-order valence-corrected chi connectivity index (χ0v) is 9.30. The average Bonchev–Trinajstić information content (AvgIpc) is 2.33. The number of hydrogen-bond donors (Lipinski definition) is 2. The molecule has 0 aliphatic heterocycles. The van der Waals surface area contributed by atoms with E-state index in [9.17, 15) is 10.2 Å². The van der Waals surface area contributed by atoms with Crippen molar-refractivity contribution in [3.63, 3.8) is 0 Å². The third-order valence-electron chi connectivity index (χ3n) is 3.09. The van der Waals surface area contributed by atoms with Gasteiger partial charge in [-0.05, 0) is 25.3 Å². The molecule has 1 aromatic carbocycles. The van der Waals surface area contributed by atoms with E-state index in [4.69, 9.17) is 4.74 Å². The van der Waals surface area contributed by atoms with E-state index < -0.39 is 0 Å². The van der Waals surface area contributed by atoms with Gasteiger partial charge >= 0.3 is 0 Å². The molecule has 0 amide bonds. The lowest BCUT2D eigenvalue weighted by molar-refractivity contribution is 0.00587. The van der Waals surface area contributed by atoms with Crippen molar-refractivity contribution in [1.29, 1.82) is 0 Å². The van der Waals surface area contributed by atoms with E-state index in [-0.39, 0.29) is 18.8 Å². The Labute approximate surface area is 95.7 Å². The predicted octanol–water partition coefficient (Wildman–Crippen LogP) is 1.86. The number of aliphatic hydroxyl groups excluding tert-OH is 2. The molecule has 3 nitrogen and oxygen atoms in total. The van der Waals surface area contributed by atoms with Gasteiger partial charge in [-0.3, -0.25) is 0 Å². The SMILES string of the molecule is OCc1ccccc1O[C@H]1CCCC[C@@H]1O. The van der Waals surface area contributed by atoms with Crippen molar-refractivity contribution in [2.45, 2.75) is 44.5 Å². The van der Waals surface area contributed by atoms with E-state index in [0.29, 0.717) is 5.75 Å². The number of hydrogen-bond acceptors (Lipinski definition) is 3. The Kier molecular flexibility index (Phi) is 3.80. The van der Waals surface area contributed by atoms with Crippen LogP contribution in [-0.2, 0) is 6.61 Å². The Morgan fingerprint density at radius 3 is 2.69 bits per heavy atom. The maximum atomic E-state index is 9.81. The number of aliphatic hydroxyl groups is 2. The Bertz CT molecular complexity index is 338. The van der Waals surface area contributed by atoms with Crippen LogP contribution in [0.15, 0.2) is 24.3 Å². The van der Waals surface area contributed by atoms with Gasteiger partial charge in [0.2, 0.25) is 0 Å². The fourth-order valence-corrected chi connectivity index (χ4v) is 2.13. The molecule has 1 saturated carbocycles. The summed E-state index contributed by atoms with van der Waals surface area (Å²) in [6.45, 7) is -0.0288. The first-order chi connectivity index (χ1) is 7.81. The van der Waals surface area contributed by atoms with E-state index in [2.05, 4.69) is 0 Å². The van der Waals surface area contributed by atoms with Gasteiger partial charge in [0, 0.05) is 5.56 Å². The summed E-state index contributed by atoms with van der Waals surface area (Å²) < 4.78 is 5.78. The summed E-state index contributed by atoms with van der Waals surface area (Å²) in [6.07, 6.45) is 3.38. The summed E-state index contributed by atoms with van der Waals surface area (Å²) in [5.41, 5.74) is 0.778. The standard InChI is InChI=1S/C13H18O3/c14-9-10-5-1-3-7-12(10)16-13-8-4-2-6-11(13)15/h1,3,5,7,11,13-15H,2,4,6,8-9H2/t11-,13-/m0/s1. The smallest absolute Gasteiger partial charge is 0.125 e.